The van der Waals surface area contributed by atoms with E-state index in [9.17, 15) is 14.4 Å². The minimum absolute atomic E-state index is 0.115. The highest BCUT2D eigenvalue weighted by Gasteiger charge is 2.25. The smallest absolute Gasteiger partial charge is 0.352 e. The molecule has 4 rings (SSSR count). The van der Waals surface area contributed by atoms with Crippen molar-refractivity contribution in [3.8, 4) is 17.2 Å². The van der Waals surface area contributed by atoms with E-state index in [1.54, 1.807) is 42.5 Å². The Bertz CT molecular complexity index is 1310. The zero-order valence-electron chi connectivity index (χ0n) is 18.2. The summed E-state index contributed by atoms with van der Waals surface area (Å²) in [6.45, 7) is 0.343. The number of aromatic nitrogens is 3. The molecule has 1 aromatic heterocycles. The summed E-state index contributed by atoms with van der Waals surface area (Å²) in [6, 6.07) is 11.6. The Kier molecular flexibility index (Phi) is 6.50. The fourth-order valence-electron chi connectivity index (χ4n) is 3.36. The van der Waals surface area contributed by atoms with E-state index in [1.807, 2.05) is 0 Å². The van der Waals surface area contributed by atoms with E-state index in [0.717, 1.165) is 22.1 Å². The van der Waals surface area contributed by atoms with Gasteiger partial charge in [-0.2, -0.15) is 9.78 Å². The fraction of sp³-hybridized carbons (Fsp3) is 0.304. The molecule has 9 nitrogen and oxygen atoms in total. The number of hydrogen-bond acceptors (Lipinski definition) is 6. The zero-order valence-corrected chi connectivity index (χ0v) is 19.0. The van der Waals surface area contributed by atoms with Gasteiger partial charge in [-0.25, -0.2) is 4.79 Å². The number of rotatable bonds is 8. The largest absolute Gasteiger partial charge is 0.493 e. The summed E-state index contributed by atoms with van der Waals surface area (Å²) in [5, 5.41) is 7.27. The third kappa shape index (κ3) is 4.78. The average molecular weight is 471 g/mol. The molecule has 0 radical (unpaired) electrons. The van der Waals surface area contributed by atoms with Gasteiger partial charge in [-0.15, -0.1) is 0 Å². The van der Waals surface area contributed by atoms with Gasteiger partial charge >= 0.3 is 5.69 Å². The number of halogens is 1. The van der Waals surface area contributed by atoms with Gasteiger partial charge < -0.3 is 14.8 Å². The quantitative estimate of drug-likeness (QED) is 0.541. The van der Waals surface area contributed by atoms with E-state index in [-0.39, 0.29) is 12.2 Å². The molecule has 10 heteroatoms. The van der Waals surface area contributed by atoms with Gasteiger partial charge in [0.25, 0.3) is 11.5 Å². The molecule has 172 valence electrons. The molecule has 3 aromatic rings. The van der Waals surface area contributed by atoms with Gasteiger partial charge in [-0.05, 0) is 42.5 Å². The lowest BCUT2D eigenvalue weighted by molar-refractivity contribution is 0.0942. The number of hydrogen-bond donors (Lipinski definition) is 1. The van der Waals surface area contributed by atoms with Crippen LogP contribution in [0.1, 0.15) is 28.9 Å². The summed E-state index contributed by atoms with van der Waals surface area (Å²) in [7, 11) is 2.96. The standard InChI is InChI=1S/C23H23ClN4O5/c1-32-18-10-9-16(11-19(18)33-2)28-23(31)27(13-15-5-3-4-6-17(15)24)22(30)20(26-28)21(29)25-12-14-7-8-14/h3-6,9-11,14H,7-8,12-13H2,1-2H3,(H,25,29). The Morgan fingerprint density at radius 2 is 1.85 bits per heavy atom. The van der Waals surface area contributed by atoms with E-state index in [0.29, 0.717) is 40.2 Å². The van der Waals surface area contributed by atoms with Crippen molar-refractivity contribution in [2.45, 2.75) is 19.4 Å². The van der Waals surface area contributed by atoms with Gasteiger partial charge in [0.1, 0.15) is 0 Å². The Labute approximate surface area is 194 Å². The first-order chi connectivity index (χ1) is 15.9. The molecule has 0 atom stereocenters. The molecule has 1 heterocycles. The number of methoxy groups -OCH3 is 2. The maximum absolute atomic E-state index is 13.3. The van der Waals surface area contributed by atoms with Crippen LogP contribution in [0.15, 0.2) is 52.1 Å². The van der Waals surface area contributed by atoms with Gasteiger partial charge in [0.2, 0.25) is 5.69 Å². The number of nitrogens with one attached hydrogen (secondary N) is 1. The zero-order chi connectivity index (χ0) is 23.5. The summed E-state index contributed by atoms with van der Waals surface area (Å²) in [6.07, 6.45) is 2.07. The number of carbonyl (C=O) groups is 1. The number of benzene rings is 2. The Hall–Kier alpha value is -3.59. The van der Waals surface area contributed by atoms with Crippen LogP contribution < -0.4 is 26.0 Å². The molecular weight excluding hydrogens is 448 g/mol. The molecule has 1 aliphatic carbocycles. The van der Waals surface area contributed by atoms with Crippen LogP contribution in [-0.2, 0) is 6.54 Å². The first-order valence-electron chi connectivity index (χ1n) is 10.4. The van der Waals surface area contributed by atoms with E-state index >= 15 is 0 Å². The highest BCUT2D eigenvalue weighted by molar-refractivity contribution is 6.31. The van der Waals surface area contributed by atoms with Crippen molar-refractivity contribution in [1.82, 2.24) is 19.7 Å². The molecule has 1 N–H and O–H groups in total. The van der Waals surface area contributed by atoms with Crippen molar-refractivity contribution in [1.29, 1.82) is 0 Å². The van der Waals surface area contributed by atoms with Gasteiger partial charge in [-0.3, -0.25) is 14.2 Å². The van der Waals surface area contributed by atoms with Crippen LogP contribution in [0.2, 0.25) is 5.02 Å². The first kappa shape index (κ1) is 22.6. The van der Waals surface area contributed by atoms with Crippen molar-refractivity contribution < 1.29 is 14.3 Å². The van der Waals surface area contributed by atoms with Crippen molar-refractivity contribution in [2.75, 3.05) is 20.8 Å². The highest BCUT2D eigenvalue weighted by atomic mass is 35.5. The highest BCUT2D eigenvalue weighted by Crippen LogP contribution is 2.29. The number of carbonyl (C=O) groups excluding carboxylic acids is 1. The van der Waals surface area contributed by atoms with E-state index in [4.69, 9.17) is 21.1 Å². The van der Waals surface area contributed by atoms with Crippen LogP contribution in [0.25, 0.3) is 5.69 Å². The van der Waals surface area contributed by atoms with Crippen molar-refractivity contribution in [3.63, 3.8) is 0 Å². The maximum Gasteiger partial charge on any atom is 0.352 e. The predicted molar refractivity (Wildman–Crippen MR) is 123 cm³/mol. The summed E-state index contributed by atoms with van der Waals surface area (Å²) < 4.78 is 12.5. The molecule has 0 aliphatic heterocycles. The second-order valence-corrected chi connectivity index (χ2v) is 8.13. The van der Waals surface area contributed by atoms with Crippen molar-refractivity contribution >= 4 is 17.5 Å². The number of nitrogens with zero attached hydrogens (tertiary/aromatic N) is 3. The lowest BCUT2D eigenvalue weighted by Gasteiger charge is -2.14. The average Bonchev–Trinajstić information content (AvgIpc) is 3.65. The molecule has 33 heavy (non-hydrogen) atoms. The molecule has 2 aromatic carbocycles. The first-order valence-corrected chi connectivity index (χ1v) is 10.8. The molecule has 0 saturated heterocycles. The third-order valence-electron chi connectivity index (χ3n) is 5.42. The van der Waals surface area contributed by atoms with Crippen LogP contribution in [0.4, 0.5) is 0 Å². The van der Waals surface area contributed by atoms with Crippen molar-refractivity contribution in [2.24, 2.45) is 5.92 Å². The minimum atomic E-state index is -0.787. The predicted octanol–water partition coefficient (Wildman–Crippen LogP) is 2.25. The molecule has 0 spiro atoms. The Balaban J connectivity index is 1.85. The fourth-order valence-corrected chi connectivity index (χ4v) is 3.56. The van der Waals surface area contributed by atoms with Gasteiger partial charge in [0, 0.05) is 17.6 Å². The molecule has 0 unspecified atom stereocenters. The molecular formula is C23H23ClN4O5. The second-order valence-electron chi connectivity index (χ2n) is 7.72. The van der Waals surface area contributed by atoms with E-state index in [1.165, 1.54) is 14.2 Å². The van der Waals surface area contributed by atoms with Crippen molar-refractivity contribution in [3.05, 3.63) is 79.6 Å². The van der Waals surface area contributed by atoms with Gasteiger partial charge in [0.05, 0.1) is 26.5 Å². The number of amides is 1. The summed E-state index contributed by atoms with van der Waals surface area (Å²) >= 11 is 6.25. The Morgan fingerprint density at radius 1 is 1.12 bits per heavy atom. The number of ether oxygens (including phenoxy) is 2. The summed E-state index contributed by atoms with van der Waals surface area (Å²) in [5.74, 6) is 0.610. The monoisotopic (exact) mass is 470 g/mol. The van der Waals surface area contributed by atoms with Gasteiger partial charge in [0.15, 0.2) is 11.5 Å². The Morgan fingerprint density at radius 3 is 2.52 bits per heavy atom. The molecule has 0 bridgehead atoms. The van der Waals surface area contributed by atoms with Crippen LogP contribution in [-0.4, -0.2) is 41.0 Å². The normalized spacial score (nSPS) is 12.9. The lowest BCUT2D eigenvalue weighted by atomic mass is 10.2. The van der Waals surface area contributed by atoms with Crippen LogP contribution in [0, 0.1) is 5.92 Å². The molecule has 1 fully saturated rings. The second kappa shape index (κ2) is 9.50. The van der Waals surface area contributed by atoms with Gasteiger partial charge in [-0.1, -0.05) is 29.8 Å². The lowest BCUT2D eigenvalue weighted by Crippen LogP contribution is -2.46. The van der Waals surface area contributed by atoms with E-state index in [2.05, 4.69) is 10.4 Å². The molecule has 1 aliphatic rings. The topological polar surface area (TPSA) is 104 Å². The summed E-state index contributed by atoms with van der Waals surface area (Å²) in [5.41, 5.74) is -1.01. The molecule has 1 amide bonds. The van der Waals surface area contributed by atoms with Crippen LogP contribution in [0.3, 0.4) is 0 Å². The van der Waals surface area contributed by atoms with Crippen LogP contribution in [0.5, 0.6) is 11.5 Å². The van der Waals surface area contributed by atoms with Crippen LogP contribution >= 0.6 is 11.6 Å². The van der Waals surface area contributed by atoms with E-state index < -0.39 is 17.2 Å². The molecule has 1 saturated carbocycles. The maximum atomic E-state index is 13.3. The third-order valence-corrected chi connectivity index (χ3v) is 5.79. The minimum Gasteiger partial charge on any atom is -0.493 e. The summed E-state index contributed by atoms with van der Waals surface area (Å²) in [4.78, 5) is 39.3. The SMILES string of the molecule is COc1ccc(-n2nc(C(=O)NCC3CC3)c(=O)n(Cc3ccccc3Cl)c2=O)cc1OC.